The number of sulfone groups is 1. The van der Waals surface area contributed by atoms with Gasteiger partial charge in [-0.1, -0.05) is 48.0 Å². The predicted octanol–water partition coefficient (Wildman–Crippen LogP) is 3.51. The number of nitrogens with zero attached hydrogens (tertiary/aromatic N) is 2. The Balaban J connectivity index is 2.23. The number of nitrogens with two attached hydrogens (primary N) is 1. The number of aryl methyl sites for hydroxylation is 2. The molecule has 0 amide bonds. The fourth-order valence-corrected chi connectivity index (χ4v) is 4.45. The standard InChI is InChI=1S/C20H21N3O2S/c1-14-9-11-17(12-10-14)26(24,25)19-15(2)13-18(22-20(19)23(3)21)16-7-5-4-6-8-16/h4-13H,21H2,1-3H3. The van der Waals surface area contributed by atoms with E-state index in [0.29, 0.717) is 11.3 Å². The lowest BCUT2D eigenvalue weighted by atomic mass is 10.1. The van der Waals surface area contributed by atoms with Gasteiger partial charge >= 0.3 is 0 Å². The van der Waals surface area contributed by atoms with Gasteiger partial charge in [0.05, 0.1) is 10.6 Å². The molecule has 0 saturated heterocycles. The Morgan fingerprint density at radius 1 is 0.962 bits per heavy atom. The highest BCUT2D eigenvalue weighted by Gasteiger charge is 2.27. The van der Waals surface area contributed by atoms with Crippen LogP contribution in [0.2, 0.25) is 0 Å². The number of aromatic nitrogens is 1. The Morgan fingerprint density at radius 3 is 2.15 bits per heavy atom. The third-order valence-corrected chi connectivity index (χ3v) is 6.08. The summed E-state index contributed by atoms with van der Waals surface area (Å²) >= 11 is 0. The Bertz CT molecular complexity index is 1030. The molecule has 0 aliphatic rings. The fourth-order valence-electron chi connectivity index (χ4n) is 2.81. The molecule has 0 atom stereocenters. The van der Waals surface area contributed by atoms with E-state index in [2.05, 4.69) is 4.98 Å². The molecule has 0 aliphatic heterocycles. The van der Waals surface area contributed by atoms with Crippen LogP contribution in [0.15, 0.2) is 70.5 Å². The minimum absolute atomic E-state index is 0.131. The van der Waals surface area contributed by atoms with Crippen LogP contribution in [-0.2, 0) is 9.84 Å². The number of hydrogen-bond donors (Lipinski definition) is 1. The molecule has 6 heteroatoms. The summed E-state index contributed by atoms with van der Waals surface area (Å²) in [7, 11) is -2.16. The minimum atomic E-state index is -3.75. The van der Waals surface area contributed by atoms with E-state index in [-0.39, 0.29) is 15.6 Å². The highest BCUT2D eigenvalue weighted by Crippen LogP contribution is 2.33. The molecule has 0 saturated carbocycles. The molecular weight excluding hydrogens is 346 g/mol. The van der Waals surface area contributed by atoms with Crippen molar-refractivity contribution in [2.24, 2.45) is 5.84 Å². The van der Waals surface area contributed by atoms with Gasteiger partial charge in [-0.05, 0) is 37.6 Å². The van der Waals surface area contributed by atoms with Crippen molar-refractivity contribution in [1.29, 1.82) is 0 Å². The molecule has 134 valence electrons. The Morgan fingerprint density at radius 2 is 1.58 bits per heavy atom. The Kier molecular flexibility index (Phi) is 4.80. The van der Waals surface area contributed by atoms with Crippen LogP contribution in [0.4, 0.5) is 5.82 Å². The molecule has 0 bridgehead atoms. The molecule has 0 radical (unpaired) electrons. The van der Waals surface area contributed by atoms with Crippen molar-refractivity contribution in [3.8, 4) is 11.3 Å². The average Bonchev–Trinajstić information content (AvgIpc) is 2.61. The second kappa shape index (κ2) is 6.90. The second-order valence-corrected chi connectivity index (χ2v) is 8.16. The van der Waals surface area contributed by atoms with Gasteiger partial charge in [-0.15, -0.1) is 0 Å². The van der Waals surface area contributed by atoms with Gasteiger partial charge in [0, 0.05) is 12.6 Å². The summed E-state index contributed by atoms with van der Waals surface area (Å²) in [6.07, 6.45) is 0. The lowest BCUT2D eigenvalue weighted by Gasteiger charge is -2.19. The van der Waals surface area contributed by atoms with E-state index in [4.69, 9.17) is 5.84 Å². The molecule has 0 fully saturated rings. The van der Waals surface area contributed by atoms with E-state index >= 15 is 0 Å². The van der Waals surface area contributed by atoms with Gasteiger partial charge in [0.15, 0.2) is 5.82 Å². The first-order valence-electron chi connectivity index (χ1n) is 8.18. The molecule has 0 unspecified atom stereocenters. The topological polar surface area (TPSA) is 76.3 Å². The van der Waals surface area contributed by atoms with Crippen LogP contribution in [0.1, 0.15) is 11.1 Å². The maximum atomic E-state index is 13.2. The molecular formula is C20H21N3O2S. The summed E-state index contributed by atoms with van der Waals surface area (Å²) in [5, 5.41) is 1.25. The van der Waals surface area contributed by atoms with Crippen molar-refractivity contribution in [2.75, 3.05) is 12.1 Å². The van der Waals surface area contributed by atoms with Gasteiger partial charge in [-0.25, -0.2) is 19.2 Å². The lowest BCUT2D eigenvalue weighted by Crippen LogP contribution is -2.28. The number of hydrazine groups is 1. The van der Waals surface area contributed by atoms with Crippen LogP contribution in [-0.4, -0.2) is 20.4 Å². The minimum Gasteiger partial charge on any atom is -0.297 e. The van der Waals surface area contributed by atoms with Crippen LogP contribution >= 0.6 is 0 Å². The third kappa shape index (κ3) is 3.34. The van der Waals surface area contributed by atoms with E-state index in [0.717, 1.165) is 11.1 Å². The van der Waals surface area contributed by atoms with Crippen LogP contribution in [0.3, 0.4) is 0 Å². The summed E-state index contributed by atoms with van der Waals surface area (Å²) < 4.78 is 26.4. The van der Waals surface area contributed by atoms with Crippen LogP contribution in [0, 0.1) is 13.8 Å². The first-order chi connectivity index (χ1) is 12.3. The van der Waals surface area contributed by atoms with Crippen molar-refractivity contribution in [2.45, 2.75) is 23.6 Å². The van der Waals surface area contributed by atoms with Gasteiger partial charge in [0.2, 0.25) is 9.84 Å². The van der Waals surface area contributed by atoms with Crippen molar-refractivity contribution in [3.05, 3.63) is 71.8 Å². The largest absolute Gasteiger partial charge is 0.297 e. The van der Waals surface area contributed by atoms with Crippen molar-refractivity contribution >= 4 is 15.7 Å². The predicted molar refractivity (Wildman–Crippen MR) is 104 cm³/mol. The summed E-state index contributed by atoms with van der Waals surface area (Å²) in [5.41, 5.74) is 3.18. The van der Waals surface area contributed by atoms with Crippen LogP contribution in [0.5, 0.6) is 0 Å². The molecule has 3 aromatic rings. The maximum absolute atomic E-state index is 13.2. The fraction of sp³-hybridized carbons (Fsp3) is 0.150. The number of benzene rings is 2. The third-order valence-electron chi connectivity index (χ3n) is 4.14. The molecule has 5 nitrogen and oxygen atoms in total. The monoisotopic (exact) mass is 367 g/mol. The quantitative estimate of drug-likeness (QED) is 0.564. The summed E-state index contributed by atoms with van der Waals surface area (Å²) in [6, 6.07) is 18.1. The van der Waals surface area contributed by atoms with Crippen LogP contribution in [0.25, 0.3) is 11.3 Å². The normalized spacial score (nSPS) is 11.4. The molecule has 0 spiro atoms. The molecule has 2 aromatic carbocycles. The zero-order valence-corrected chi connectivity index (χ0v) is 15.8. The number of hydrogen-bond acceptors (Lipinski definition) is 5. The van der Waals surface area contributed by atoms with Gasteiger partial charge in [-0.3, -0.25) is 5.01 Å². The number of rotatable bonds is 4. The molecule has 1 aromatic heterocycles. The van der Waals surface area contributed by atoms with Crippen molar-refractivity contribution in [1.82, 2.24) is 4.98 Å². The maximum Gasteiger partial charge on any atom is 0.210 e. The second-order valence-electron chi connectivity index (χ2n) is 6.27. The van der Waals surface area contributed by atoms with Gasteiger partial charge in [0.1, 0.15) is 4.90 Å². The van der Waals surface area contributed by atoms with Crippen molar-refractivity contribution < 1.29 is 8.42 Å². The first-order valence-corrected chi connectivity index (χ1v) is 9.66. The van der Waals surface area contributed by atoms with Gasteiger partial charge in [0.25, 0.3) is 0 Å². The van der Waals surface area contributed by atoms with Gasteiger partial charge in [-0.2, -0.15) is 0 Å². The SMILES string of the molecule is Cc1ccc(S(=O)(=O)c2c(C)cc(-c3ccccc3)nc2N(C)N)cc1. The Hall–Kier alpha value is -2.70. The highest BCUT2D eigenvalue weighted by atomic mass is 32.2. The van der Waals surface area contributed by atoms with Crippen molar-refractivity contribution in [3.63, 3.8) is 0 Å². The van der Waals surface area contributed by atoms with E-state index < -0.39 is 9.84 Å². The molecule has 2 N–H and O–H groups in total. The van der Waals surface area contributed by atoms with E-state index in [1.807, 2.05) is 37.3 Å². The summed E-state index contributed by atoms with van der Waals surface area (Å²) in [5.74, 6) is 6.16. The average molecular weight is 367 g/mol. The number of anilines is 1. The lowest BCUT2D eigenvalue weighted by molar-refractivity contribution is 0.594. The number of pyridine rings is 1. The van der Waals surface area contributed by atoms with E-state index in [1.165, 1.54) is 5.01 Å². The molecule has 0 aliphatic carbocycles. The summed E-state index contributed by atoms with van der Waals surface area (Å²) in [4.78, 5) is 4.89. The summed E-state index contributed by atoms with van der Waals surface area (Å²) in [6.45, 7) is 3.68. The van der Waals surface area contributed by atoms with E-state index in [9.17, 15) is 8.42 Å². The zero-order chi connectivity index (χ0) is 18.9. The highest BCUT2D eigenvalue weighted by molar-refractivity contribution is 7.91. The molecule has 26 heavy (non-hydrogen) atoms. The molecule has 1 heterocycles. The first kappa shape index (κ1) is 18.1. The van der Waals surface area contributed by atoms with Gasteiger partial charge < -0.3 is 0 Å². The zero-order valence-electron chi connectivity index (χ0n) is 15.0. The smallest absolute Gasteiger partial charge is 0.210 e. The van der Waals surface area contributed by atoms with Crippen LogP contribution < -0.4 is 10.9 Å². The van der Waals surface area contributed by atoms with E-state index in [1.54, 1.807) is 44.3 Å². The molecule has 3 rings (SSSR count). The Labute approximate surface area is 154 Å².